The third-order valence-electron chi connectivity index (χ3n) is 3.39. The van der Waals surface area contributed by atoms with Crippen molar-refractivity contribution in [2.24, 2.45) is 5.92 Å². The predicted octanol–water partition coefficient (Wildman–Crippen LogP) is 2.74. The second-order valence-corrected chi connectivity index (χ2v) is 6.34. The van der Waals surface area contributed by atoms with E-state index in [9.17, 15) is 0 Å². The molecule has 0 bridgehead atoms. The van der Waals surface area contributed by atoms with Gasteiger partial charge in [0.15, 0.2) is 0 Å². The Morgan fingerprint density at radius 3 is 2.78 bits per heavy atom. The van der Waals surface area contributed by atoms with Gasteiger partial charge in [-0.2, -0.15) is 11.8 Å². The number of nitrogens with two attached hydrogens (primary N) is 1. The Labute approximate surface area is 113 Å². The molecule has 1 aliphatic heterocycles. The van der Waals surface area contributed by atoms with Gasteiger partial charge < -0.3 is 11.1 Å². The van der Waals surface area contributed by atoms with Crippen molar-refractivity contribution in [1.82, 2.24) is 9.97 Å². The molecule has 100 valence electrons. The normalized spacial score (nSPS) is 17.1. The fraction of sp³-hybridized carbons (Fsp3) is 0.692. The van der Waals surface area contributed by atoms with Gasteiger partial charge in [0.1, 0.15) is 18.0 Å². The van der Waals surface area contributed by atoms with Crippen molar-refractivity contribution < 1.29 is 0 Å². The van der Waals surface area contributed by atoms with Crippen molar-refractivity contribution in [3.8, 4) is 0 Å². The van der Waals surface area contributed by atoms with Gasteiger partial charge in [-0.25, -0.2) is 9.97 Å². The summed E-state index contributed by atoms with van der Waals surface area (Å²) in [6, 6.07) is 0. The van der Waals surface area contributed by atoms with Crippen molar-refractivity contribution in [1.29, 1.82) is 0 Å². The summed E-state index contributed by atoms with van der Waals surface area (Å²) in [6.07, 6.45) is 4.14. The minimum absolute atomic E-state index is 0.343. The molecule has 1 aromatic rings. The highest BCUT2D eigenvalue weighted by atomic mass is 32.2. The van der Waals surface area contributed by atoms with Crippen molar-refractivity contribution in [2.75, 3.05) is 29.1 Å². The summed E-state index contributed by atoms with van der Waals surface area (Å²) in [5, 5.41) is 3.46. The second-order valence-electron chi connectivity index (χ2n) is 5.11. The lowest BCUT2D eigenvalue weighted by molar-refractivity contribution is 0.515. The van der Waals surface area contributed by atoms with Crippen molar-refractivity contribution in [3.63, 3.8) is 0 Å². The van der Waals surface area contributed by atoms with Crippen LogP contribution in [0.5, 0.6) is 0 Å². The summed E-state index contributed by atoms with van der Waals surface area (Å²) in [6.45, 7) is 5.24. The monoisotopic (exact) mass is 266 g/mol. The van der Waals surface area contributed by atoms with Crippen LogP contribution in [0.3, 0.4) is 0 Å². The van der Waals surface area contributed by atoms with E-state index in [-0.39, 0.29) is 0 Å². The summed E-state index contributed by atoms with van der Waals surface area (Å²) in [4.78, 5) is 8.42. The summed E-state index contributed by atoms with van der Waals surface area (Å²) < 4.78 is 0. The average molecular weight is 266 g/mol. The second kappa shape index (κ2) is 6.27. The van der Waals surface area contributed by atoms with E-state index in [0.29, 0.717) is 11.7 Å². The van der Waals surface area contributed by atoms with Gasteiger partial charge in [0.25, 0.3) is 0 Å². The van der Waals surface area contributed by atoms with Crippen LogP contribution in [-0.2, 0) is 0 Å². The van der Waals surface area contributed by atoms with Gasteiger partial charge in [0.05, 0.1) is 0 Å². The minimum Gasteiger partial charge on any atom is -0.383 e. The molecule has 0 radical (unpaired) electrons. The van der Waals surface area contributed by atoms with E-state index in [0.717, 1.165) is 23.8 Å². The smallest absolute Gasteiger partial charge is 0.134 e. The molecule has 1 aliphatic rings. The standard InChI is InChI=1S/C13H22N4S/c1-9(2)11-12(14)16-8-17-13(11)15-7-10-3-5-18-6-4-10/h8-10H,3-7H2,1-2H3,(H3,14,15,16,17). The number of anilines is 2. The molecule has 0 aliphatic carbocycles. The number of nitrogens with zero attached hydrogens (tertiary/aromatic N) is 2. The van der Waals surface area contributed by atoms with Gasteiger partial charge in [-0.15, -0.1) is 0 Å². The number of hydrogen-bond donors (Lipinski definition) is 2. The lowest BCUT2D eigenvalue weighted by atomic mass is 10.0. The van der Waals surface area contributed by atoms with Gasteiger partial charge in [0.2, 0.25) is 0 Å². The highest BCUT2D eigenvalue weighted by Gasteiger charge is 2.16. The molecule has 4 nitrogen and oxygen atoms in total. The fourth-order valence-electron chi connectivity index (χ4n) is 2.31. The Hall–Kier alpha value is -0.970. The van der Waals surface area contributed by atoms with E-state index in [1.54, 1.807) is 6.33 Å². The topological polar surface area (TPSA) is 63.8 Å². The Morgan fingerprint density at radius 1 is 1.39 bits per heavy atom. The first-order valence-electron chi connectivity index (χ1n) is 6.60. The molecule has 3 N–H and O–H groups in total. The number of rotatable bonds is 4. The van der Waals surface area contributed by atoms with Crippen LogP contribution in [0.2, 0.25) is 0 Å². The maximum atomic E-state index is 5.94. The van der Waals surface area contributed by atoms with Crippen LogP contribution in [0, 0.1) is 5.92 Å². The molecule has 18 heavy (non-hydrogen) atoms. The van der Waals surface area contributed by atoms with Crippen molar-refractivity contribution in [3.05, 3.63) is 11.9 Å². The molecule has 1 saturated heterocycles. The Balaban J connectivity index is 2.02. The number of aromatic nitrogens is 2. The largest absolute Gasteiger partial charge is 0.383 e. The van der Waals surface area contributed by atoms with E-state index in [2.05, 4.69) is 40.9 Å². The zero-order valence-electron chi connectivity index (χ0n) is 11.1. The maximum absolute atomic E-state index is 5.94. The van der Waals surface area contributed by atoms with E-state index in [4.69, 9.17) is 5.73 Å². The zero-order chi connectivity index (χ0) is 13.0. The van der Waals surface area contributed by atoms with Gasteiger partial charge in [-0.3, -0.25) is 0 Å². The fourth-order valence-corrected chi connectivity index (χ4v) is 3.51. The van der Waals surface area contributed by atoms with Crippen LogP contribution in [-0.4, -0.2) is 28.0 Å². The highest BCUT2D eigenvalue weighted by Crippen LogP contribution is 2.28. The minimum atomic E-state index is 0.343. The molecule has 1 aromatic heterocycles. The number of hydrogen-bond acceptors (Lipinski definition) is 5. The molecular weight excluding hydrogens is 244 g/mol. The first-order chi connectivity index (χ1) is 8.68. The van der Waals surface area contributed by atoms with Crippen molar-refractivity contribution >= 4 is 23.4 Å². The summed E-state index contributed by atoms with van der Waals surface area (Å²) in [7, 11) is 0. The maximum Gasteiger partial charge on any atom is 0.134 e. The number of thioether (sulfide) groups is 1. The molecule has 0 saturated carbocycles. The van der Waals surface area contributed by atoms with Crippen LogP contribution in [0.4, 0.5) is 11.6 Å². The van der Waals surface area contributed by atoms with Crippen LogP contribution in [0.25, 0.3) is 0 Å². The van der Waals surface area contributed by atoms with E-state index < -0.39 is 0 Å². The molecule has 5 heteroatoms. The Kier molecular flexibility index (Phi) is 4.69. The quantitative estimate of drug-likeness (QED) is 0.877. The van der Waals surface area contributed by atoms with Gasteiger partial charge >= 0.3 is 0 Å². The average Bonchev–Trinajstić information content (AvgIpc) is 2.37. The molecule has 2 rings (SSSR count). The van der Waals surface area contributed by atoms with Gasteiger partial charge in [-0.1, -0.05) is 13.8 Å². The first-order valence-corrected chi connectivity index (χ1v) is 7.76. The molecule has 0 unspecified atom stereocenters. The molecule has 0 amide bonds. The van der Waals surface area contributed by atoms with Crippen LogP contribution >= 0.6 is 11.8 Å². The number of nitrogens with one attached hydrogen (secondary N) is 1. The summed E-state index contributed by atoms with van der Waals surface area (Å²) in [5.41, 5.74) is 6.98. The highest BCUT2D eigenvalue weighted by molar-refractivity contribution is 7.99. The molecule has 0 spiro atoms. The molecule has 1 fully saturated rings. The predicted molar refractivity (Wildman–Crippen MR) is 79.1 cm³/mol. The van der Waals surface area contributed by atoms with Crippen LogP contribution < -0.4 is 11.1 Å². The third-order valence-corrected chi connectivity index (χ3v) is 4.44. The lowest BCUT2D eigenvalue weighted by Crippen LogP contribution is -2.20. The van der Waals surface area contributed by atoms with Crippen LogP contribution in [0.1, 0.15) is 38.2 Å². The Bertz CT molecular complexity index is 389. The molecule has 2 heterocycles. The van der Waals surface area contributed by atoms with E-state index in [1.165, 1.54) is 24.3 Å². The molecule has 0 aromatic carbocycles. The van der Waals surface area contributed by atoms with Crippen LogP contribution in [0.15, 0.2) is 6.33 Å². The van der Waals surface area contributed by atoms with Gasteiger partial charge in [0, 0.05) is 12.1 Å². The molecular formula is C13H22N4S. The summed E-state index contributed by atoms with van der Waals surface area (Å²) >= 11 is 2.06. The first kappa shape index (κ1) is 13.5. The lowest BCUT2D eigenvalue weighted by Gasteiger charge is -2.23. The zero-order valence-corrected chi connectivity index (χ0v) is 12.0. The summed E-state index contributed by atoms with van der Waals surface area (Å²) in [5.74, 6) is 5.19. The van der Waals surface area contributed by atoms with Gasteiger partial charge in [-0.05, 0) is 36.2 Å². The van der Waals surface area contributed by atoms with E-state index in [1.807, 2.05) is 0 Å². The number of nitrogen functional groups attached to an aromatic ring is 1. The SMILES string of the molecule is CC(C)c1c(N)ncnc1NCC1CCSCC1. The van der Waals surface area contributed by atoms with Crippen molar-refractivity contribution in [2.45, 2.75) is 32.6 Å². The Morgan fingerprint density at radius 2 is 2.11 bits per heavy atom. The third kappa shape index (κ3) is 3.28. The van der Waals surface area contributed by atoms with E-state index >= 15 is 0 Å². The molecule has 0 atom stereocenters.